The normalized spacial score (nSPS) is 12.6. The number of H-pyrrole nitrogens is 1. The first-order chi connectivity index (χ1) is 19.1. The third kappa shape index (κ3) is 6.50. The number of amides is 1. The minimum atomic E-state index is -0.475. The van der Waals surface area contributed by atoms with Gasteiger partial charge in [0, 0.05) is 16.7 Å². The van der Waals surface area contributed by atoms with E-state index < -0.39 is 6.09 Å². The van der Waals surface area contributed by atoms with Crippen LogP contribution in [0.1, 0.15) is 66.0 Å². The average Bonchev–Trinajstić information content (AvgIpc) is 3.50. The second-order valence-corrected chi connectivity index (χ2v) is 10.5. The molecule has 0 aliphatic carbocycles. The van der Waals surface area contributed by atoms with Gasteiger partial charge in [0.05, 0.1) is 5.69 Å². The molecule has 2 aromatic carbocycles. The van der Waals surface area contributed by atoms with Crippen molar-refractivity contribution >= 4 is 34.5 Å². The Labute approximate surface area is 231 Å². The van der Waals surface area contributed by atoms with E-state index in [0.717, 1.165) is 31.2 Å². The molecule has 1 unspecified atom stereocenters. The highest BCUT2D eigenvalue weighted by molar-refractivity contribution is 5.85. The summed E-state index contributed by atoms with van der Waals surface area (Å²) in [6.07, 6.45) is 3.12. The first kappa shape index (κ1) is 28.4. The van der Waals surface area contributed by atoms with Crippen molar-refractivity contribution in [3.63, 3.8) is 0 Å². The Bertz CT molecular complexity index is 1520. The maximum absolute atomic E-state index is 12.3. The quantitative estimate of drug-likeness (QED) is 0.135. The molecule has 3 N–H and O–H groups in total. The molecule has 12 heteroatoms. The van der Waals surface area contributed by atoms with Crippen LogP contribution in [0.3, 0.4) is 0 Å². The second-order valence-electron chi connectivity index (χ2n) is 10.5. The molecule has 0 aliphatic rings. The molecule has 40 heavy (non-hydrogen) atoms. The summed E-state index contributed by atoms with van der Waals surface area (Å²) >= 11 is 0. The number of carbonyl (C=O) groups is 1. The van der Waals surface area contributed by atoms with Gasteiger partial charge in [-0.15, -0.1) is 24.9 Å². The first-order valence-electron chi connectivity index (χ1n) is 13.3. The molecule has 0 saturated carbocycles. The Kier molecular flexibility index (Phi) is 8.56. The van der Waals surface area contributed by atoms with Crippen molar-refractivity contribution in [2.45, 2.75) is 71.8 Å². The highest BCUT2D eigenvalue weighted by atomic mass is 16.6. The van der Waals surface area contributed by atoms with Crippen molar-refractivity contribution < 1.29 is 14.6 Å². The number of nitrogens with zero attached hydrogens (tertiary/aromatic N) is 6. The lowest BCUT2D eigenvalue weighted by molar-refractivity contribution is 0.101. The Hall–Kier alpha value is -4.61. The van der Waals surface area contributed by atoms with Crippen LogP contribution < -0.4 is 5.32 Å². The van der Waals surface area contributed by atoms with Gasteiger partial charge in [0.2, 0.25) is 0 Å². The number of aromatic hydroxyl groups is 1. The number of hydrogen-bond donors (Lipinski definition) is 3. The number of ether oxygens (including phenoxy) is 1. The molecule has 2 aromatic heterocycles. The fourth-order valence-electron chi connectivity index (χ4n) is 4.08. The van der Waals surface area contributed by atoms with Crippen molar-refractivity contribution in [3.8, 4) is 17.1 Å². The molecule has 12 nitrogen and oxygen atoms in total. The first-order valence-corrected chi connectivity index (χ1v) is 13.3. The van der Waals surface area contributed by atoms with Gasteiger partial charge in [0.25, 0.3) is 0 Å². The topological polar surface area (TPSA) is 159 Å². The number of nitrogens with one attached hydrogen (secondary N) is 2. The highest BCUT2D eigenvalue weighted by Gasteiger charge is 2.27. The molecule has 0 saturated heterocycles. The van der Waals surface area contributed by atoms with Gasteiger partial charge in [0.1, 0.15) is 23.2 Å². The lowest BCUT2D eigenvalue weighted by atomic mass is 9.91. The van der Waals surface area contributed by atoms with Gasteiger partial charge in [-0.05, 0) is 60.5 Å². The predicted molar refractivity (Wildman–Crippen MR) is 153 cm³/mol. The Balaban J connectivity index is 1.58. The van der Waals surface area contributed by atoms with E-state index in [0.29, 0.717) is 28.5 Å². The minimum Gasteiger partial charge on any atom is -0.506 e. The number of anilines is 1. The molecule has 0 aliphatic heterocycles. The third-order valence-electron chi connectivity index (χ3n) is 6.32. The van der Waals surface area contributed by atoms with Gasteiger partial charge in [-0.3, -0.25) is 5.32 Å². The standard InChI is InChI=1S/C28H34N8O4/c1-6-8-9-20(7-2)40-27(38)29-18-12-10-17(11-13-18)25-30-26-23(24(28(3,4)5)33-36(26)34-25)32-31-21-16-19(35-39)14-15-22(21)37/h10-16,20,37H,6-9H2,1-5H3,(H,29,38)(H,30,34). The largest absolute Gasteiger partial charge is 0.506 e. The summed E-state index contributed by atoms with van der Waals surface area (Å²) in [5, 5.41) is 33.6. The lowest BCUT2D eigenvalue weighted by Gasteiger charge is -2.16. The average molecular weight is 547 g/mol. The summed E-state index contributed by atoms with van der Waals surface area (Å²) in [6.45, 7) is 10.1. The van der Waals surface area contributed by atoms with E-state index in [-0.39, 0.29) is 28.6 Å². The number of aromatic amines is 1. The molecule has 4 aromatic rings. The zero-order valence-electron chi connectivity index (χ0n) is 23.3. The van der Waals surface area contributed by atoms with Crippen LogP contribution in [0.4, 0.5) is 27.5 Å². The number of azo groups is 1. The number of carbonyl (C=O) groups excluding carboxylic acids is 1. The number of unbranched alkanes of at least 4 members (excludes halogenated alkanes) is 1. The van der Waals surface area contributed by atoms with E-state index in [1.807, 2.05) is 39.8 Å². The molecule has 0 bridgehead atoms. The third-order valence-corrected chi connectivity index (χ3v) is 6.32. The molecule has 1 amide bonds. The molecule has 4 rings (SSSR count). The van der Waals surface area contributed by atoms with Crippen LogP contribution in [-0.2, 0) is 10.2 Å². The van der Waals surface area contributed by atoms with Gasteiger partial charge in [-0.1, -0.05) is 47.5 Å². The second kappa shape index (κ2) is 12.1. The molecule has 0 fully saturated rings. The van der Waals surface area contributed by atoms with Crippen LogP contribution in [0, 0.1) is 4.91 Å². The van der Waals surface area contributed by atoms with E-state index in [9.17, 15) is 14.8 Å². The van der Waals surface area contributed by atoms with Crippen molar-refractivity contribution in [2.75, 3.05) is 5.32 Å². The van der Waals surface area contributed by atoms with Crippen LogP contribution in [-0.4, -0.2) is 37.1 Å². The van der Waals surface area contributed by atoms with Crippen molar-refractivity contribution in [1.82, 2.24) is 19.8 Å². The fraction of sp³-hybridized carbons (Fsp3) is 0.393. The lowest BCUT2D eigenvalue weighted by Crippen LogP contribution is -2.22. The molecular weight excluding hydrogens is 512 g/mol. The zero-order valence-corrected chi connectivity index (χ0v) is 23.3. The number of phenolic OH excluding ortho intramolecular Hbond substituents is 1. The van der Waals surface area contributed by atoms with Crippen molar-refractivity contribution in [2.24, 2.45) is 15.4 Å². The number of aromatic nitrogens is 4. The Morgan fingerprint density at radius 2 is 1.88 bits per heavy atom. The predicted octanol–water partition coefficient (Wildman–Crippen LogP) is 8.06. The smallest absolute Gasteiger partial charge is 0.411 e. The van der Waals surface area contributed by atoms with Crippen LogP contribution >= 0.6 is 0 Å². The Morgan fingerprint density at radius 3 is 2.52 bits per heavy atom. The summed E-state index contributed by atoms with van der Waals surface area (Å²) in [6, 6.07) is 11.3. The van der Waals surface area contributed by atoms with E-state index in [4.69, 9.17) is 4.74 Å². The van der Waals surface area contributed by atoms with Crippen molar-refractivity contribution in [1.29, 1.82) is 0 Å². The fourth-order valence-corrected chi connectivity index (χ4v) is 4.08. The number of benzene rings is 2. The van der Waals surface area contributed by atoms with E-state index in [1.54, 1.807) is 12.1 Å². The van der Waals surface area contributed by atoms with Crippen LogP contribution in [0.5, 0.6) is 5.75 Å². The summed E-state index contributed by atoms with van der Waals surface area (Å²) in [5.74, 6) is 0.403. The monoisotopic (exact) mass is 546 g/mol. The maximum atomic E-state index is 12.3. The van der Waals surface area contributed by atoms with Gasteiger partial charge < -0.3 is 14.8 Å². The van der Waals surface area contributed by atoms with E-state index in [1.165, 1.54) is 22.8 Å². The van der Waals surface area contributed by atoms with Crippen LogP contribution in [0.25, 0.3) is 17.0 Å². The molecular formula is C28H34N8O4. The Morgan fingerprint density at radius 1 is 1.12 bits per heavy atom. The maximum Gasteiger partial charge on any atom is 0.411 e. The molecule has 0 spiro atoms. The van der Waals surface area contributed by atoms with E-state index >= 15 is 0 Å². The number of phenols is 1. The van der Waals surface area contributed by atoms with Gasteiger partial charge in [0.15, 0.2) is 17.2 Å². The summed E-state index contributed by atoms with van der Waals surface area (Å²) < 4.78 is 7.00. The number of rotatable bonds is 10. The molecule has 1 atom stereocenters. The van der Waals surface area contributed by atoms with Gasteiger partial charge in [-0.25, -0.2) is 4.79 Å². The molecule has 2 heterocycles. The van der Waals surface area contributed by atoms with Gasteiger partial charge >= 0.3 is 6.09 Å². The zero-order chi connectivity index (χ0) is 28.9. The van der Waals surface area contributed by atoms with Crippen molar-refractivity contribution in [3.05, 3.63) is 53.1 Å². The van der Waals surface area contributed by atoms with Crippen LogP contribution in [0.15, 0.2) is 57.9 Å². The highest BCUT2D eigenvalue weighted by Crippen LogP contribution is 2.37. The summed E-state index contributed by atoms with van der Waals surface area (Å²) in [4.78, 5) is 26.5. The molecule has 0 radical (unpaired) electrons. The number of nitroso groups, excluding NO2 is 1. The summed E-state index contributed by atoms with van der Waals surface area (Å²) in [5.41, 5.74) is 2.82. The minimum absolute atomic E-state index is 0.0996. The molecule has 210 valence electrons. The van der Waals surface area contributed by atoms with Gasteiger partial charge in [-0.2, -0.15) is 5.10 Å². The van der Waals surface area contributed by atoms with Crippen LogP contribution in [0.2, 0.25) is 0 Å². The number of hydrogen-bond acceptors (Lipinski definition) is 9. The summed E-state index contributed by atoms with van der Waals surface area (Å²) in [7, 11) is 0. The number of fused-ring (bicyclic) bond motifs is 1. The van der Waals surface area contributed by atoms with E-state index in [2.05, 4.69) is 42.8 Å². The SMILES string of the molecule is CCCCC(CC)OC(=O)Nc1ccc(-c2nn3nc(C(C)(C)C)c(N=Nc4cc(N=O)ccc4O)c3[nH]2)cc1.